The topological polar surface area (TPSA) is 45.5 Å². The van der Waals surface area contributed by atoms with Gasteiger partial charge in [0, 0.05) is 36.9 Å². The van der Waals surface area contributed by atoms with Crippen LogP contribution in [-0.2, 0) is 19.5 Å². The molecule has 0 aliphatic rings. The summed E-state index contributed by atoms with van der Waals surface area (Å²) in [6.45, 7) is 28.2. The molecule has 0 aromatic heterocycles. The van der Waals surface area contributed by atoms with Crippen molar-refractivity contribution in [3.63, 3.8) is 0 Å². The zero-order valence-corrected chi connectivity index (χ0v) is 42.9. The molecule has 0 bridgehead atoms. The van der Waals surface area contributed by atoms with E-state index in [1.54, 1.807) is 0 Å². The van der Waals surface area contributed by atoms with Gasteiger partial charge in [0.25, 0.3) is 0 Å². The van der Waals surface area contributed by atoms with Crippen LogP contribution >= 0.6 is 23.8 Å². The van der Waals surface area contributed by atoms with Gasteiger partial charge in [0.15, 0.2) is 0 Å². The molecule has 0 heterocycles. The van der Waals surface area contributed by atoms with Gasteiger partial charge in [0.1, 0.15) is 0 Å². The number of rotatable bonds is 18. The molecule has 4 aromatic rings. The van der Waals surface area contributed by atoms with Gasteiger partial charge in [-0.25, -0.2) is 0 Å². The van der Waals surface area contributed by atoms with Crippen LogP contribution in [-0.4, -0.2) is 72.6 Å². The van der Waals surface area contributed by atoms with Crippen molar-refractivity contribution in [3.8, 4) is 0 Å². The molecule has 0 saturated heterocycles. The third kappa shape index (κ3) is 17.4. The number of anilines is 3. The molecule has 0 unspecified atom stereocenters. The molecule has 0 amide bonds. The van der Waals surface area contributed by atoms with Crippen LogP contribution in [0.4, 0.5) is 34.1 Å². The average Bonchev–Trinajstić information content (AvgIpc) is 3.10. The van der Waals surface area contributed by atoms with Crippen LogP contribution in [0.3, 0.4) is 0 Å². The first-order valence-corrected chi connectivity index (χ1v) is 24.2. The van der Waals surface area contributed by atoms with Gasteiger partial charge >= 0.3 is 19.5 Å². The molecule has 0 saturated carbocycles. The second kappa shape index (κ2) is 28.4. The maximum Gasteiger partial charge on any atom is 2.00 e. The van der Waals surface area contributed by atoms with Gasteiger partial charge in [0.05, 0.1) is 0 Å². The first-order chi connectivity index (χ1) is 24.8. The molecule has 4 rings (SSSR count). The molecule has 0 N–H and O–H groups in total. The van der Waals surface area contributed by atoms with E-state index in [0.717, 1.165) is 53.0 Å². The van der Waals surface area contributed by atoms with E-state index in [1.165, 1.54) is 0 Å². The van der Waals surface area contributed by atoms with Crippen LogP contribution in [0, 0.1) is 0 Å². The summed E-state index contributed by atoms with van der Waals surface area (Å²) in [6, 6.07) is 38.0. The van der Waals surface area contributed by atoms with E-state index in [9.17, 15) is 0 Å². The Morgan fingerprint density at radius 1 is 0.382 bits per heavy atom. The molecule has 10 heteroatoms. The Morgan fingerprint density at radius 3 is 0.782 bits per heavy atom. The van der Waals surface area contributed by atoms with Crippen molar-refractivity contribution in [1.82, 2.24) is 0 Å². The normalized spacial score (nSPS) is 11.1. The Balaban J connectivity index is 0.00000295. The second-order valence-corrected chi connectivity index (χ2v) is 25.1. The largest absolute Gasteiger partial charge is 2.00 e. The van der Waals surface area contributed by atoms with Gasteiger partial charge in [0.2, 0.25) is 0 Å². The number of para-hydroxylation sites is 6. The Hall–Kier alpha value is -1.08. The van der Waals surface area contributed by atoms with Crippen LogP contribution < -0.4 is 17.3 Å². The summed E-state index contributed by atoms with van der Waals surface area (Å²) in [4.78, 5) is 2.39. The zero-order chi connectivity index (χ0) is 38.2. The third-order valence-electron chi connectivity index (χ3n) is 9.23. The smallest absolute Gasteiger partial charge is 1.00 e. The first-order valence-electron chi connectivity index (χ1n) is 19.2. The number of halogens is 1. The van der Waals surface area contributed by atoms with Crippen LogP contribution in [0.2, 0.25) is 0 Å². The van der Waals surface area contributed by atoms with E-state index in [2.05, 4.69) is 161 Å². The van der Waals surface area contributed by atoms with Crippen molar-refractivity contribution >= 4 is 77.7 Å². The van der Waals surface area contributed by atoms with Crippen molar-refractivity contribution in [3.05, 3.63) is 125 Å². The van der Waals surface area contributed by atoms with E-state index in [4.69, 9.17) is 16.0 Å². The standard InChI is InChI=1S/C39H60N4P3.C6H6.ClH.Ga.Rh/c1-28(2)44(29(3)4)25-40-34-19-13-16-22-37(34)43(38-23-17-14-20-35(38)41-26-45(30(5)6)31(7)8)39-24-18-15-21-36(39)42-27-46(32(9)10)33(11)12;1-2-4-6-5-3-1;;;/h13-24,28-33H,25-27H2,1-12H3;1-6H;1H;;/q-3;;;;+2/p-1. The molecule has 0 aliphatic heterocycles. The van der Waals surface area contributed by atoms with Crippen molar-refractivity contribution < 1.29 is 31.9 Å². The summed E-state index contributed by atoms with van der Waals surface area (Å²) in [5, 5.41) is 16.1. The van der Waals surface area contributed by atoms with Gasteiger partial charge in [-0.15, -0.1) is 59.7 Å². The second-order valence-electron chi connectivity index (χ2n) is 15.0. The van der Waals surface area contributed by atoms with Crippen LogP contribution in [0.25, 0.3) is 16.0 Å². The Morgan fingerprint density at radius 2 is 0.582 bits per heavy atom. The van der Waals surface area contributed by atoms with E-state index in [-0.39, 0.29) is 75.4 Å². The van der Waals surface area contributed by atoms with Gasteiger partial charge in [-0.3, -0.25) is 0 Å². The minimum Gasteiger partial charge on any atom is -1.00 e. The van der Waals surface area contributed by atoms with Gasteiger partial charge in [-0.2, -0.15) is 0 Å². The maximum atomic E-state index is 5.35. The molecule has 302 valence electrons. The summed E-state index contributed by atoms with van der Waals surface area (Å²) in [6.07, 6.45) is 2.61. The van der Waals surface area contributed by atoms with Crippen LogP contribution in [0.15, 0.2) is 109 Å². The van der Waals surface area contributed by atoms with Crippen molar-refractivity contribution in [2.75, 3.05) is 23.8 Å². The average molecular weight is 964 g/mol. The van der Waals surface area contributed by atoms with E-state index in [0.29, 0.717) is 34.0 Å². The Labute approximate surface area is 372 Å². The summed E-state index contributed by atoms with van der Waals surface area (Å²) in [5.41, 5.74) is 10.1. The summed E-state index contributed by atoms with van der Waals surface area (Å²) in [7, 11) is -0.673. The predicted octanol–water partition coefficient (Wildman–Crippen LogP) is 13.2. The van der Waals surface area contributed by atoms with Crippen LogP contribution in [0.1, 0.15) is 83.1 Å². The Bertz CT molecular complexity index is 1370. The molecule has 55 heavy (non-hydrogen) atoms. The molecular formula is C45H66ClGaN4P3Rh-2. The fourth-order valence-electron chi connectivity index (χ4n) is 6.38. The SMILES string of the molecule is CC(C)P(C[N-]c1ccccc1N(c1ccccc1[N-]CP(C(C)C)C(C)C)c1ccccc1[N-]CP(C(C)C)C(C)C)C(C)C.[Cl-].[Ga].[Rh+2].c1ccccc1. The van der Waals surface area contributed by atoms with E-state index < -0.39 is 0 Å². The number of hydrogen-bond acceptors (Lipinski definition) is 1. The molecule has 0 aliphatic carbocycles. The monoisotopic (exact) mass is 962 g/mol. The minimum absolute atomic E-state index is 0. The van der Waals surface area contributed by atoms with Crippen molar-refractivity contribution in [2.45, 2.75) is 117 Å². The quantitative estimate of drug-likeness (QED) is 0.0724. The zero-order valence-electron chi connectivity index (χ0n) is 35.4. The fraction of sp³-hybridized carbons (Fsp3) is 0.467. The molecular weight excluding hydrogens is 898 g/mol. The fourth-order valence-corrected chi connectivity index (χ4v) is 12.9. The number of benzene rings is 4. The van der Waals surface area contributed by atoms with Crippen molar-refractivity contribution in [2.24, 2.45) is 0 Å². The minimum atomic E-state index is -0.224. The first kappa shape index (κ1) is 53.9. The Kier molecular flexibility index (Phi) is 27.8. The van der Waals surface area contributed by atoms with E-state index >= 15 is 0 Å². The molecule has 0 fully saturated rings. The van der Waals surface area contributed by atoms with Crippen LogP contribution in [0.5, 0.6) is 0 Å². The van der Waals surface area contributed by atoms with Gasteiger partial charge in [-0.1, -0.05) is 174 Å². The van der Waals surface area contributed by atoms with E-state index in [1.807, 2.05) is 36.4 Å². The summed E-state index contributed by atoms with van der Waals surface area (Å²) >= 11 is 0. The molecule has 0 spiro atoms. The number of hydrogen-bond donors (Lipinski definition) is 0. The molecule has 4 aromatic carbocycles. The molecule has 4 radical (unpaired) electrons. The van der Waals surface area contributed by atoms with Gasteiger partial charge in [-0.05, 0) is 52.2 Å². The predicted molar refractivity (Wildman–Crippen MR) is 249 cm³/mol. The third-order valence-corrected chi connectivity index (χ3v) is 18.6. The summed E-state index contributed by atoms with van der Waals surface area (Å²) in [5.74, 6) is 0. The number of nitrogens with zero attached hydrogens (tertiary/aromatic N) is 4. The van der Waals surface area contributed by atoms with Crippen molar-refractivity contribution in [1.29, 1.82) is 0 Å². The maximum absolute atomic E-state index is 5.35. The molecule has 0 atom stereocenters. The molecule has 4 nitrogen and oxygen atoms in total. The summed E-state index contributed by atoms with van der Waals surface area (Å²) < 4.78 is 0. The van der Waals surface area contributed by atoms with Gasteiger partial charge < -0.3 is 33.3 Å².